The fourth-order valence-corrected chi connectivity index (χ4v) is 0.808. The highest BCUT2D eigenvalue weighted by Crippen LogP contribution is 2.20. The molecule has 0 aromatic carbocycles. The van der Waals surface area contributed by atoms with Crippen LogP contribution in [0.1, 0.15) is 13.3 Å². The summed E-state index contributed by atoms with van der Waals surface area (Å²) in [6.07, 6.45) is 0.684. The molecule has 0 bridgehead atoms. The van der Waals surface area contributed by atoms with Gasteiger partial charge in [-0.3, -0.25) is 0 Å². The molecule has 0 saturated carbocycles. The van der Waals surface area contributed by atoms with Gasteiger partial charge in [-0.25, -0.2) is 0 Å². The molecule has 0 atom stereocenters. The third-order valence-electron chi connectivity index (χ3n) is 2.03. The van der Waals surface area contributed by atoms with Crippen LogP contribution < -0.4 is 0 Å². The number of hydrogen-bond donors (Lipinski definition) is 2. The molecule has 0 aliphatic rings. The molecular formula is C8H18O4. The Hall–Kier alpha value is -0.160. The van der Waals surface area contributed by atoms with Gasteiger partial charge in [0.2, 0.25) is 0 Å². The third kappa shape index (κ3) is 3.49. The lowest BCUT2D eigenvalue weighted by Crippen LogP contribution is -2.34. The van der Waals surface area contributed by atoms with Crippen molar-refractivity contribution in [2.75, 3.05) is 33.7 Å². The van der Waals surface area contributed by atoms with Crippen molar-refractivity contribution >= 4 is 0 Å². The van der Waals surface area contributed by atoms with Crippen molar-refractivity contribution in [3.63, 3.8) is 0 Å². The molecule has 0 aromatic heterocycles. The zero-order valence-corrected chi connectivity index (χ0v) is 7.75. The number of rotatable bonds is 7. The van der Waals surface area contributed by atoms with Crippen molar-refractivity contribution in [2.45, 2.75) is 13.3 Å². The van der Waals surface area contributed by atoms with Gasteiger partial charge in [0.25, 0.3) is 0 Å². The van der Waals surface area contributed by atoms with E-state index >= 15 is 0 Å². The Balaban J connectivity index is 3.76. The van der Waals surface area contributed by atoms with Gasteiger partial charge in [0.1, 0.15) is 6.79 Å². The minimum Gasteiger partial charge on any atom is -0.396 e. The molecule has 74 valence electrons. The van der Waals surface area contributed by atoms with E-state index in [1.165, 1.54) is 7.11 Å². The van der Waals surface area contributed by atoms with Gasteiger partial charge < -0.3 is 19.7 Å². The van der Waals surface area contributed by atoms with Crippen LogP contribution in [-0.4, -0.2) is 43.9 Å². The van der Waals surface area contributed by atoms with Crippen molar-refractivity contribution < 1.29 is 19.7 Å². The second-order valence-corrected chi connectivity index (χ2v) is 2.92. The van der Waals surface area contributed by atoms with Crippen LogP contribution >= 0.6 is 0 Å². The Bertz CT molecular complexity index is 93.0. The molecule has 0 fully saturated rings. The lowest BCUT2D eigenvalue weighted by Gasteiger charge is -2.27. The van der Waals surface area contributed by atoms with Crippen molar-refractivity contribution in [3.05, 3.63) is 0 Å². The van der Waals surface area contributed by atoms with Crippen LogP contribution in [0, 0.1) is 5.41 Å². The van der Waals surface area contributed by atoms with E-state index in [0.29, 0.717) is 13.0 Å². The molecule has 0 saturated heterocycles. The van der Waals surface area contributed by atoms with E-state index in [0.717, 1.165) is 0 Å². The zero-order chi connectivity index (χ0) is 9.45. The van der Waals surface area contributed by atoms with Crippen LogP contribution in [0.25, 0.3) is 0 Å². The van der Waals surface area contributed by atoms with Crippen LogP contribution in [-0.2, 0) is 9.47 Å². The van der Waals surface area contributed by atoms with Crippen molar-refractivity contribution in [1.82, 2.24) is 0 Å². The highest BCUT2D eigenvalue weighted by Gasteiger charge is 2.26. The highest BCUT2D eigenvalue weighted by molar-refractivity contribution is 4.75. The Kier molecular flexibility index (Phi) is 6.28. The van der Waals surface area contributed by atoms with Crippen molar-refractivity contribution in [3.8, 4) is 0 Å². The maximum Gasteiger partial charge on any atom is 0.146 e. The van der Waals surface area contributed by atoms with Crippen LogP contribution in [0.3, 0.4) is 0 Å². The van der Waals surface area contributed by atoms with Gasteiger partial charge >= 0.3 is 0 Å². The van der Waals surface area contributed by atoms with Gasteiger partial charge in [0.15, 0.2) is 0 Å². The molecule has 12 heavy (non-hydrogen) atoms. The van der Waals surface area contributed by atoms with E-state index in [1.807, 2.05) is 6.92 Å². The van der Waals surface area contributed by atoms with Gasteiger partial charge in [-0.1, -0.05) is 6.92 Å². The normalized spacial score (nSPS) is 12.0. The Morgan fingerprint density at radius 1 is 1.25 bits per heavy atom. The molecule has 2 N–H and O–H groups in total. The molecule has 0 amide bonds. The molecule has 0 radical (unpaired) electrons. The first-order chi connectivity index (χ1) is 5.74. The van der Waals surface area contributed by atoms with Crippen LogP contribution in [0.15, 0.2) is 0 Å². The van der Waals surface area contributed by atoms with E-state index in [2.05, 4.69) is 4.74 Å². The average Bonchev–Trinajstić information content (AvgIpc) is 2.14. The molecule has 0 heterocycles. The first-order valence-corrected chi connectivity index (χ1v) is 4.03. The standard InChI is InChI=1S/C8H18O4/c1-3-8(4-9,5-10)6-12-7-11-2/h9-10H,3-7H2,1-2H3. The number of hydrogen-bond acceptors (Lipinski definition) is 4. The summed E-state index contributed by atoms with van der Waals surface area (Å²) in [6, 6.07) is 0. The third-order valence-corrected chi connectivity index (χ3v) is 2.03. The van der Waals surface area contributed by atoms with E-state index in [9.17, 15) is 0 Å². The maximum absolute atomic E-state index is 9.00. The van der Waals surface area contributed by atoms with Gasteiger partial charge in [0, 0.05) is 12.5 Å². The smallest absolute Gasteiger partial charge is 0.146 e. The van der Waals surface area contributed by atoms with Crippen LogP contribution in [0.5, 0.6) is 0 Å². The average molecular weight is 178 g/mol. The molecular weight excluding hydrogens is 160 g/mol. The summed E-state index contributed by atoms with van der Waals surface area (Å²) >= 11 is 0. The van der Waals surface area contributed by atoms with E-state index < -0.39 is 5.41 Å². The van der Waals surface area contributed by atoms with Crippen molar-refractivity contribution in [2.24, 2.45) is 5.41 Å². The molecule has 0 spiro atoms. The lowest BCUT2D eigenvalue weighted by atomic mass is 9.88. The second-order valence-electron chi connectivity index (χ2n) is 2.92. The minimum absolute atomic E-state index is 0.0658. The Labute approximate surface area is 73.1 Å². The predicted octanol–water partition coefficient (Wildman–Crippen LogP) is -0.0121. The summed E-state index contributed by atoms with van der Waals surface area (Å²) < 4.78 is 9.76. The molecule has 0 unspecified atom stereocenters. The fourth-order valence-electron chi connectivity index (χ4n) is 0.808. The summed E-state index contributed by atoms with van der Waals surface area (Å²) in [5.41, 5.74) is -0.515. The summed E-state index contributed by atoms with van der Waals surface area (Å²) in [6.45, 7) is 2.29. The number of methoxy groups -OCH3 is 1. The lowest BCUT2D eigenvalue weighted by molar-refractivity contribution is -0.0908. The fraction of sp³-hybridized carbons (Fsp3) is 1.00. The summed E-state index contributed by atoms with van der Waals surface area (Å²) in [4.78, 5) is 0. The van der Waals surface area contributed by atoms with E-state index in [-0.39, 0.29) is 20.0 Å². The Morgan fingerprint density at radius 3 is 2.17 bits per heavy atom. The number of aliphatic hydroxyl groups excluding tert-OH is 2. The monoisotopic (exact) mass is 178 g/mol. The molecule has 4 nitrogen and oxygen atoms in total. The minimum atomic E-state index is -0.515. The first kappa shape index (κ1) is 11.8. The summed E-state index contributed by atoms with van der Waals surface area (Å²) in [7, 11) is 1.53. The molecule has 0 rings (SSSR count). The zero-order valence-electron chi connectivity index (χ0n) is 7.75. The molecule has 0 aliphatic carbocycles. The first-order valence-electron chi connectivity index (χ1n) is 4.03. The van der Waals surface area contributed by atoms with Crippen LogP contribution in [0.2, 0.25) is 0 Å². The van der Waals surface area contributed by atoms with Crippen molar-refractivity contribution in [1.29, 1.82) is 0 Å². The quantitative estimate of drug-likeness (QED) is 0.425. The predicted molar refractivity (Wildman–Crippen MR) is 44.7 cm³/mol. The topological polar surface area (TPSA) is 58.9 Å². The largest absolute Gasteiger partial charge is 0.396 e. The molecule has 0 aromatic rings. The number of ether oxygens (including phenoxy) is 2. The van der Waals surface area contributed by atoms with Gasteiger partial charge in [-0.05, 0) is 6.42 Å². The highest BCUT2D eigenvalue weighted by atomic mass is 16.7. The van der Waals surface area contributed by atoms with Gasteiger partial charge in [-0.2, -0.15) is 0 Å². The molecule has 0 aliphatic heterocycles. The summed E-state index contributed by atoms with van der Waals surface area (Å²) in [5.74, 6) is 0. The van der Waals surface area contributed by atoms with Crippen LogP contribution in [0.4, 0.5) is 0 Å². The summed E-state index contributed by atoms with van der Waals surface area (Å²) in [5, 5.41) is 18.0. The Morgan fingerprint density at radius 2 is 1.83 bits per heavy atom. The van der Waals surface area contributed by atoms with E-state index in [1.54, 1.807) is 0 Å². The SMILES string of the molecule is CCC(CO)(CO)COCOC. The molecule has 4 heteroatoms. The number of aliphatic hydroxyl groups is 2. The maximum atomic E-state index is 9.00. The second kappa shape index (κ2) is 6.37. The van der Waals surface area contributed by atoms with Gasteiger partial charge in [0.05, 0.1) is 19.8 Å². The van der Waals surface area contributed by atoms with Gasteiger partial charge in [-0.15, -0.1) is 0 Å². The van der Waals surface area contributed by atoms with E-state index in [4.69, 9.17) is 14.9 Å².